The van der Waals surface area contributed by atoms with Crippen LogP contribution in [0, 0.1) is 6.92 Å². The second kappa shape index (κ2) is 7.12. The Hall–Kier alpha value is -2.72. The lowest BCUT2D eigenvalue weighted by Gasteiger charge is -2.20. The Labute approximate surface area is 149 Å². The molecule has 0 aliphatic carbocycles. The molecule has 0 saturated heterocycles. The van der Waals surface area contributed by atoms with Gasteiger partial charge >= 0.3 is 18.3 Å². The predicted molar refractivity (Wildman–Crippen MR) is 82.6 cm³/mol. The average molecular weight is 395 g/mol. The molecule has 5 nitrogen and oxygen atoms in total. The number of anilines is 1. The molecule has 0 aliphatic rings. The summed E-state index contributed by atoms with van der Waals surface area (Å²) < 4.78 is 83.5. The quantitative estimate of drug-likeness (QED) is 0.483. The molecule has 0 radical (unpaired) electrons. The van der Waals surface area contributed by atoms with Crippen molar-refractivity contribution in [3.63, 3.8) is 0 Å². The van der Waals surface area contributed by atoms with Gasteiger partial charge in [0.1, 0.15) is 5.69 Å². The van der Waals surface area contributed by atoms with Gasteiger partial charge in [0.25, 0.3) is 0 Å². The van der Waals surface area contributed by atoms with Gasteiger partial charge in [-0.25, -0.2) is 9.48 Å². The van der Waals surface area contributed by atoms with Crippen LogP contribution in [0.15, 0.2) is 24.3 Å². The van der Waals surface area contributed by atoms with E-state index >= 15 is 0 Å². The summed E-state index contributed by atoms with van der Waals surface area (Å²) in [4.78, 5) is 12.3. The van der Waals surface area contributed by atoms with Gasteiger partial charge < -0.3 is 10.5 Å². The fourth-order valence-electron chi connectivity index (χ4n) is 2.41. The van der Waals surface area contributed by atoms with Crippen molar-refractivity contribution in [2.45, 2.75) is 32.2 Å². The van der Waals surface area contributed by atoms with Gasteiger partial charge in [-0.3, -0.25) is 0 Å². The van der Waals surface area contributed by atoms with Crippen LogP contribution in [0.25, 0.3) is 0 Å². The van der Waals surface area contributed by atoms with Crippen LogP contribution in [-0.4, -0.2) is 22.4 Å². The SMILES string of the molecule is CCOC(=O)C(c1ccc(N)c(C)c1)n1nc(C(F)(F)F)cc1C(F)(F)F. The molecule has 2 rings (SSSR count). The zero-order chi connectivity index (χ0) is 20.6. The molecular weight excluding hydrogens is 380 g/mol. The van der Waals surface area contributed by atoms with E-state index in [1.54, 1.807) is 0 Å². The lowest BCUT2D eigenvalue weighted by atomic mass is 10.0. The van der Waals surface area contributed by atoms with Gasteiger partial charge in [0.2, 0.25) is 0 Å². The van der Waals surface area contributed by atoms with Gasteiger partial charge in [-0.2, -0.15) is 31.4 Å². The normalized spacial score (nSPS) is 13.5. The maximum absolute atomic E-state index is 13.3. The molecule has 1 heterocycles. The van der Waals surface area contributed by atoms with E-state index in [0.717, 1.165) is 0 Å². The number of ether oxygens (including phenoxy) is 1. The number of halogens is 6. The highest BCUT2D eigenvalue weighted by molar-refractivity contribution is 5.78. The van der Waals surface area contributed by atoms with Crippen molar-refractivity contribution in [2.24, 2.45) is 0 Å². The van der Waals surface area contributed by atoms with Crippen molar-refractivity contribution in [1.29, 1.82) is 0 Å². The minimum Gasteiger partial charge on any atom is -0.464 e. The smallest absolute Gasteiger partial charge is 0.435 e. The van der Waals surface area contributed by atoms with E-state index in [-0.39, 0.29) is 22.9 Å². The van der Waals surface area contributed by atoms with Crippen molar-refractivity contribution in [1.82, 2.24) is 9.78 Å². The van der Waals surface area contributed by atoms with Crippen LogP contribution in [0.4, 0.5) is 32.0 Å². The average Bonchev–Trinajstić information content (AvgIpc) is 2.96. The van der Waals surface area contributed by atoms with Crippen LogP contribution >= 0.6 is 0 Å². The van der Waals surface area contributed by atoms with Crippen LogP contribution in [0.2, 0.25) is 0 Å². The molecular formula is C16H15F6N3O2. The standard InChI is InChI=1S/C16H15F6N3O2/c1-3-27-14(26)13(9-4-5-10(23)8(2)6-9)25-12(16(20,21)22)7-11(24-25)15(17,18)19/h4-7,13H,3,23H2,1-2H3. The number of alkyl halides is 6. The molecule has 27 heavy (non-hydrogen) atoms. The highest BCUT2D eigenvalue weighted by Crippen LogP contribution is 2.38. The number of nitrogens with zero attached hydrogens (tertiary/aromatic N) is 2. The summed E-state index contributed by atoms with van der Waals surface area (Å²) in [6, 6.07) is 1.86. The van der Waals surface area contributed by atoms with Crippen molar-refractivity contribution >= 4 is 11.7 Å². The van der Waals surface area contributed by atoms with Gasteiger partial charge in [0, 0.05) is 11.8 Å². The molecule has 1 aromatic carbocycles. The highest BCUT2D eigenvalue weighted by atomic mass is 19.4. The summed E-state index contributed by atoms with van der Waals surface area (Å²) in [6.45, 7) is 2.77. The number of benzene rings is 1. The molecule has 0 spiro atoms. The van der Waals surface area contributed by atoms with Crippen LogP contribution in [-0.2, 0) is 21.9 Å². The van der Waals surface area contributed by atoms with Crippen molar-refractivity contribution in [2.75, 3.05) is 12.3 Å². The first-order valence-electron chi connectivity index (χ1n) is 7.62. The Kier molecular flexibility index (Phi) is 5.43. The molecule has 0 saturated carbocycles. The molecule has 1 unspecified atom stereocenters. The molecule has 1 aromatic heterocycles. The van der Waals surface area contributed by atoms with Gasteiger partial charge in [0.15, 0.2) is 11.7 Å². The zero-order valence-electron chi connectivity index (χ0n) is 14.1. The summed E-state index contributed by atoms with van der Waals surface area (Å²) in [7, 11) is 0. The number of carbonyl (C=O) groups excluding carboxylic acids is 1. The Morgan fingerprint density at radius 3 is 2.30 bits per heavy atom. The molecule has 11 heteroatoms. The second-order valence-corrected chi connectivity index (χ2v) is 5.63. The minimum absolute atomic E-state index is 0.00815. The summed E-state index contributed by atoms with van der Waals surface area (Å²) >= 11 is 0. The van der Waals surface area contributed by atoms with Crippen LogP contribution in [0.5, 0.6) is 0 Å². The van der Waals surface area contributed by atoms with Crippen LogP contribution in [0.1, 0.15) is 35.5 Å². The fourth-order valence-corrected chi connectivity index (χ4v) is 2.41. The first kappa shape index (κ1) is 20.6. The third-order valence-corrected chi connectivity index (χ3v) is 3.68. The molecule has 1 atom stereocenters. The summed E-state index contributed by atoms with van der Waals surface area (Å²) in [6.07, 6.45) is -10.3. The number of rotatable bonds is 4. The number of nitrogen functional groups attached to an aromatic ring is 1. The Bertz CT molecular complexity index is 842. The van der Waals surface area contributed by atoms with Crippen molar-refractivity contribution in [3.05, 3.63) is 46.8 Å². The van der Waals surface area contributed by atoms with Crippen molar-refractivity contribution < 1.29 is 35.9 Å². The zero-order valence-corrected chi connectivity index (χ0v) is 14.1. The maximum atomic E-state index is 13.3. The van der Waals surface area contributed by atoms with Crippen molar-refractivity contribution in [3.8, 4) is 0 Å². The summed E-state index contributed by atoms with van der Waals surface area (Å²) in [5, 5.41) is 3.02. The molecule has 0 amide bonds. The molecule has 0 bridgehead atoms. The lowest BCUT2D eigenvalue weighted by molar-refractivity contribution is -0.151. The summed E-state index contributed by atoms with van der Waals surface area (Å²) in [5.41, 5.74) is 2.86. The number of nitrogens with two attached hydrogens (primary N) is 1. The predicted octanol–water partition coefficient (Wildman–Crippen LogP) is 3.96. The first-order chi connectivity index (χ1) is 12.4. The Morgan fingerprint density at radius 1 is 1.19 bits per heavy atom. The molecule has 0 fully saturated rings. The Balaban J connectivity index is 2.73. The van der Waals surface area contributed by atoms with E-state index in [4.69, 9.17) is 10.5 Å². The largest absolute Gasteiger partial charge is 0.464 e. The minimum atomic E-state index is -5.18. The van der Waals surface area contributed by atoms with E-state index in [1.165, 1.54) is 32.0 Å². The van der Waals surface area contributed by atoms with E-state index < -0.39 is 35.8 Å². The van der Waals surface area contributed by atoms with E-state index in [9.17, 15) is 31.1 Å². The number of hydrogen-bond acceptors (Lipinski definition) is 4. The van der Waals surface area contributed by atoms with E-state index in [1.807, 2.05) is 0 Å². The van der Waals surface area contributed by atoms with Gasteiger partial charge in [-0.1, -0.05) is 12.1 Å². The number of hydrogen-bond donors (Lipinski definition) is 1. The second-order valence-electron chi connectivity index (χ2n) is 5.63. The van der Waals surface area contributed by atoms with Gasteiger partial charge in [0.05, 0.1) is 6.61 Å². The third-order valence-electron chi connectivity index (χ3n) is 3.68. The van der Waals surface area contributed by atoms with Crippen LogP contribution in [0.3, 0.4) is 0 Å². The Morgan fingerprint density at radius 2 is 1.81 bits per heavy atom. The van der Waals surface area contributed by atoms with E-state index in [0.29, 0.717) is 11.3 Å². The number of aryl methyl sites for hydroxylation is 1. The maximum Gasteiger partial charge on any atom is 0.435 e. The monoisotopic (exact) mass is 395 g/mol. The van der Waals surface area contributed by atoms with Gasteiger partial charge in [-0.15, -0.1) is 0 Å². The molecule has 2 N–H and O–H groups in total. The third kappa shape index (κ3) is 4.34. The number of carbonyl (C=O) groups is 1. The summed E-state index contributed by atoms with van der Waals surface area (Å²) in [5.74, 6) is -1.18. The molecule has 148 valence electrons. The van der Waals surface area contributed by atoms with Crippen LogP contribution < -0.4 is 5.73 Å². The van der Waals surface area contributed by atoms with Gasteiger partial charge in [-0.05, 0) is 31.0 Å². The number of esters is 1. The molecule has 0 aliphatic heterocycles. The lowest BCUT2D eigenvalue weighted by Crippen LogP contribution is -2.28. The highest BCUT2D eigenvalue weighted by Gasteiger charge is 2.44. The molecule has 2 aromatic rings. The topological polar surface area (TPSA) is 70.1 Å². The number of aromatic nitrogens is 2. The first-order valence-corrected chi connectivity index (χ1v) is 7.62. The fraction of sp³-hybridized carbons (Fsp3) is 0.375. The van der Waals surface area contributed by atoms with E-state index in [2.05, 4.69) is 5.10 Å².